The van der Waals surface area contributed by atoms with Gasteiger partial charge in [0.1, 0.15) is 11.6 Å². The Morgan fingerprint density at radius 3 is 2.58 bits per heavy atom. The van der Waals surface area contributed by atoms with Gasteiger partial charge in [0.15, 0.2) is 0 Å². The summed E-state index contributed by atoms with van der Waals surface area (Å²) in [6, 6.07) is 20.5. The molecule has 2 aromatic heterocycles. The molecule has 156 valence electrons. The predicted octanol–water partition coefficient (Wildman–Crippen LogP) is 3.98. The van der Waals surface area contributed by atoms with E-state index >= 15 is 0 Å². The minimum absolute atomic E-state index is 0.0600. The molecule has 0 unspecified atom stereocenters. The Hall–Kier alpha value is -3.51. The molecule has 6 heteroatoms. The molecule has 4 aromatic rings. The highest BCUT2D eigenvalue weighted by molar-refractivity contribution is 5.54. The largest absolute Gasteiger partial charge is 0.346 e. The third-order valence-corrected chi connectivity index (χ3v) is 5.77. The molecule has 1 aliphatic heterocycles. The van der Waals surface area contributed by atoms with Crippen molar-refractivity contribution < 1.29 is 4.39 Å². The molecule has 0 amide bonds. The molecule has 1 aliphatic rings. The fourth-order valence-corrected chi connectivity index (χ4v) is 4.11. The molecule has 5 nitrogen and oxygen atoms in total. The second-order valence-electron chi connectivity index (χ2n) is 7.92. The van der Waals surface area contributed by atoms with Crippen LogP contribution in [0.25, 0.3) is 11.4 Å². The second kappa shape index (κ2) is 8.32. The quantitative estimate of drug-likeness (QED) is 0.537. The van der Waals surface area contributed by atoms with Crippen LogP contribution in [0.4, 0.5) is 4.39 Å². The summed E-state index contributed by atoms with van der Waals surface area (Å²) >= 11 is 0. The lowest BCUT2D eigenvalue weighted by Gasteiger charge is -2.28. The zero-order valence-electron chi connectivity index (χ0n) is 17.1. The van der Waals surface area contributed by atoms with Crippen molar-refractivity contribution in [3.05, 3.63) is 112 Å². The van der Waals surface area contributed by atoms with E-state index in [0.717, 1.165) is 47.6 Å². The standard InChI is InChI=1S/C25H23FN4O/c26-20-10-8-18(9-11-20)15-30-13-4-7-21(30)16-29-14-12-23-22(17-29)25(31)28-24(27-23)19-5-2-1-3-6-19/h1-11,13H,12,14-17H2,(H,27,28,31). The van der Waals surface area contributed by atoms with Crippen LogP contribution in [0.2, 0.25) is 0 Å². The van der Waals surface area contributed by atoms with Crippen LogP contribution in [0.15, 0.2) is 77.7 Å². The van der Waals surface area contributed by atoms with Gasteiger partial charge in [-0.1, -0.05) is 42.5 Å². The van der Waals surface area contributed by atoms with Gasteiger partial charge in [-0.15, -0.1) is 0 Å². The molecule has 1 N–H and O–H groups in total. The number of benzene rings is 2. The van der Waals surface area contributed by atoms with Crippen LogP contribution in [0.5, 0.6) is 0 Å². The van der Waals surface area contributed by atoms with Gasteiger partial charge in [-0.3, -0.25) is 9.69 Å². The summed E-state index contributed by atoms with van der Waals surface area (Å²) in [5.41, 5.74) is 4.72. The van der Waals surface area contributed by atoms with Crippen molar-refractivity contribution in [2.45, 2.75) is 26.1 Å². The van der Waals surface area contributed by atoms with E-state index in [1.165, 1.54) is 12.1 Å². The van der Waals surface area contributed by atoms with Gasteiger partial charge in [0, 0.05) is 50.1 Å². The summed E-state index contributed by atoms with van der Waals surface area (Å²) in [5.74, 6) is 0.406. The molecule has 3 heterocycles. The number of fused-ring (bicyclic) bond motifs is 1. The lowest BCUT2D eigenvalue weighted by molar-refractivity contribution is 0.236. The summed E-state index contributed by atoms with van der Waals surface area (Å²) in [6.07, 6.45) is 2.79. The zero-order chi connectivity index (χ0) is 21.2. The molecule has 0 bridgehead atoms. The first kappa shape index (κ1) is 19.5. The Balaban J connectivity index is 1.32. The molecule has 5 rings (SSSR count). The number of hydrogen-bond acceptors (Lipinski definition) is 3. The van der Waals surface area contributed by atoms with Gasteiger partial charge in [-0.05, 0) is 29.8 Å². The SMILES string of the molecule is O=c1[nH]c(-c2ccccc2)nc2c1CN(Cc1cccn1Cc1ccc(F)cc1)CC2. The van der Waals surface area contributed by atoms with Crippen LogP contribution in [-0.2, 0) is 26.1 Å². The number of rotatable bonds is 5. The maximum Gasteiger partial charge on any atom is 0.255 e. The topological polar surface area (TPSA) is 53.9 Å². The molecule has 0 spiro atoms. The van der Waals surface area contributed by atoms with E-state index < -0.39 is 0 Å². The summed E-state index contributed by atoms with van der Waals surface area (Å²) in [7, 11) is 0. The molecule has 0 atom stereocenters. The van der Waals surface area contributed by atoms with E-state index in [2.05, 4.69) is 20.5 Å². The first-order valence-corrected chi connectivity index (χ1v) is 10.4. The summed E-state index contributed by atoms with van der Waals surface area (Å²) in [4.78, 5) is 22.7. The van der Waals surface area contributed by atoms with Crippen molar-refractivity contribution in [2.24, 2.45) is 0 Å². The minimum atomic E-state index is -0.224. The first-order chi connectivity index (χ1) is 15.2. The van der Waals surface area contributed by atoms with Gasteiger partial charge in [-0.25, -0.2) is 9.37 Å². The van der Waals surface area contributed by atoms with Gasteiger partial charge >= 0.3 is 0 Å². The van der Waals surface area contributed by atoms with Crippen LogP contribution in [-0.4, -0.2) is 26.0 Å². The normalized spacial score (nSPS) is 13.8. The molecule has 0 fully saturated rings. The second-order valence-corrected chi connectivity index (χ2v) is 7.92. The maximum atomic E-state index is 13.2. The van der Waals surface area contributed by atoms with Gasteiger partial charge in [0.2, 0.25) is 0 Å². The molecule has 2 aromatic carbocycles. The van der Waals surface area contributed by atoms with Crippen molar-refractivity contribution in [3.63, 3.8) is 0 Å². The molecule has 0 saturated carbocycles. The number of H-pyrrole nitrogens is 1. The van der Waals surface area contributed by atoms with E-state index in [4.69, 9.17) is 4.98 Å². The maximum absolute atomic E-state index is 13.2. The Kier molecular flexibility index (Phi) is 5.22. The smallest absolute Gasteiger partial charge is 0.255 e. The number of hydrogen-bond donors (Lipinski definition) is 1. The zero-order valence-corrected chi connectivity index (χ0v) is 17.1. The van der Waals surface area contributed by atoms with Gasteiger partial charge in [0.25, 0.3) is 5.56 Å². The average Bonchev–Trinajstić information content (AvgIpc) is 3.22. The summed E-state index contributed by atoms with van der Waals surface area (Å²) < 4.78 is 15.4. The fourth-order valence-electron chi connectivity index (χ4n) is 4.11. The average molecular weight is 414 g/mol. The van der Waals surface area contributed by atoms with Crippen molar-refractivity contribution in [3.8, 4) is 11.4 Å². The molecule has 0 aliphatic carbocycles. The Morgan fingerprint density at radius 2 is 1.77 bits per heavy atom. The Bertz CT molecular complexity index is 1240. The minimum Gasteiger partial charge on any atom is -0.346 e. The highest BCUT2D eigenvalue weighted by Gasteiger charge is 2.22. The molecular formula is C25H23FN4O. The third kappa shape index (κ3) is 4.20. The predicted molar refractivity (Wildman–Crippen MR) is 118 cm³/mol. The van der Waals surface area contributed by atoms with E-state index in [1.807, 2.05) is 54.7 Å². The van der Waals surface area contributed by atoms with Crippen molar-refractivity contribution in [1.29, 1.82) is 0 Å². The fraction of sp³-hybridized carbons (Fsp3) is 0.200. The Morgan fingerprint density at radius 1 is 0.968 bits per heavy atom. The van der Waals surface area contributed by atoms with Crippen LogP contribution >= 0.6 is 0 Å². The van der Waals surface area contributed by atoms with Crippen molar-refractivity contribution >= 4 is 0 Å². The third-order valence-electron chi connectivity index (χ3n) is 5.77. The van der Waals surface area contributed by atoms with E-state index in [0.29, 0.717) is 18.9 Å². The molecule has 31 heavy (non-hydrogen) atoms. The monoisotopic (exact) mass is 414 g/mol. The highest BCUT2D eigenvalue weighted by Crippen LogP contribution is 2.20. The number of nitrogens with zero attached hydrogens (tertiary/aromatic N) is 3. The summed E-state index contributed by atoms with van der Waals surface area (Å²) in [6.45, 7) is 2.86. The van der Waals surface area contributed by atoms with E-state index in [-0.39, 0.29) is 11.4 Å². The number of aromatic amines is 1. The van der Waals surface area contributed by atoms with E-state index in [1.54, 1.807) is 0 Å². The van der Waals surface area contributed by atoms with Gasteiger partial charge < -0.3 is 9.55 Å². The lowest BCUT2D eigenvalue weighted by atomic mass is 10.1. The van der Waals surface area contributed by atoms with Gasteiger partial charge in [0.05, 0.1) is 11.3 Å². The number of halogens is 1. The first-order valence-electron chi connectivity index (χ1n) is 10.4. The number of nitrogens with one attached hydrogen (secondary N) is 1. The molecule has 0 radical (unpaired) electrons. The van der Waals surface area contributed by atoms with Crippen LogP contribution in [0, 0.1) is 5.82 Å². The molecule has 0 saturated heterocycles. The molecular weight excluding hydrogens is 391 g/mol. The highest BCUT2D eigenvalue weighted by atomic mass is 19.1. The van der Waals surface area contributed by atoms with Crippen molar-refractivity contribution in [1.82, 2.24) is 19.4 Å². The van der Waals surface area contributed by atoms with Gasteiger partial charge in [-0.2, -0.15) is 0 Å². The van der Waals surface area contributed by atoms with Crippen LogP contribution in [0.3, 0.4) is 0 Å². The van der Waals surface area contributed by atoms with Crippen LogP contribution in [0.1, 0.15) is 22.5 Å². The Labute approximate surface area is 179 Å². The number of aromatic nitrogens is 3. The summed E-state index contributed by atoms with van der Waals surface area (Å²) in [5, 5.41) is 0. The van der Waals surface area contributed by atoms with Crippen LogP contribution < -0.4 is 5.56 Å². The van der Waals surface area contributed by atoms with Crippen molar-refractivity contribution in [2.75, 3.05) is 6.54 Å². The lowest BCUT2D eigenvalue weighted by Crippen LogP contribution is -2.35. The van der Waals surface area contributed by atoms with E-state index in [9.17, 15) is 9.18 Å².